The Balaban J connectivity index is 1.88. The van der Waals surface area contributed by atoms with Crippen molar-refractivity contribution in [1.29, 1.82) is 0 Å². The molecule has 27 heavy (non-hydrogen) atoms. The molecular formula is C21H36FNO3Si. The molecule has 0 unspecified atom stereocenters. The van der Waals surface area contributed by atoms with E-state index < -0.39 is 8.32 Å². The fourth-order valence-electron chi connectivity index (χ4n) is 3.15. The molecule has 154 valence electrons. The molecule has 1 saturated carbocycles. The number of halogens is 1. The molecule has 1 aromatic rings. The summed E-state index contributed by atoms with van der Waals surface area (Å²) in [5, 5.41) is 0.236. The summed E-state index contributed by atoms with van der Waals surface area (Å²) < 4.78 is 31.9. The highest BCUT2D eigenvalue weighted by Gasteiger charge is 2.38. The van der Waals surface area contributed by atoms with E-state index >= 15 is 0 Å². The van der Waals surface area contributed by atoms with E-state index in [1.54, 1.807) is 13.2 Å². The largest absolute Gasteiger partial charge is 0.496 e. The maximum atomic E-state index is 14.3. The van der Waals surface area contributed by atoms with Crippen molar-refractivity contribution in [2.24, 2.45) is 11.7 Å². The molecule has 0 bridgehead atoms. The minimum atomic E-state index is -1.70. The zero-order valence-corrected chi connectivity index (χ0v) is 18.7. The molecule has 1 aromatic carbocycles. The Labute approximate surface area is 164 Å². The lowest BCUT2D eigenvalue weighted by Crippen LogP contribution is -2.42. The molecule has 2 rings (SSSR count). The molecule has 1 fully saturated rings. The topological polar surface area (TPSA) is 53.7 Å². The van der Waals surface area contributed by atoms with Gasteiger partial charge in [-0.25, -0.2) is 4.39 Å². The van der Waals surface area contributed by atoms with Gasteiger partial charge in [0, 0.05) is 24.8 Å². The number of hydrogen-bond acceptors (Lipinski definition) is 4. The zero-order valence-electron chi connectivity index (χ0n) is 17.7. The molecule has 0 radical (unpaired) electrons. The molecular weight excluding hydrogens is 361 g/mol. The molecule has 1 aliphatic rings. The highest BCUT2D eigenvalue weighted by atomic mass is 28.4. The summed E-state index contributed by atoms with van der Waals surface area (Å²) in [5.74, 6) is 1.02. The minimum absolute atomic E-state index is 0.0389. The first-order chi connectivity index (χ1) is 12.6. The van der Waals surface area contributed by atoms with Gasteiger partial charge in [0.05, 0.1) is 13.2 Å². The number of ether oxygens (including phenoxy) is 2. The third-order valence-corrected chi connectivity index (χ3v) is 10.6. The van der Waals surface area contributed by atoms with E-state index in [1.165, 1.54) is 6.07 Å². The summed E-state index contributed by atoms with van der Waals surface area (Å²) >= 11 is 0. The Hall–Kier alpha value is -1.11. The third-order valence-electron chi connectivity index (χ3n) is 6.13. The van der Waals surface area contributed by atoms with Crippen LogP contribution in [0.15, 0.2) is 12.1 Å². The summed E-state index contributed by atoms with van der Waals surface area (Å²) in [6.07, 6.45) is 3.99. The first-order valence-electron chi connectivity index (χ1n) is 9.94. The average Bonchev–Trinajstić information content (AvgIpc) is 2.61. The SMILES string of the molecule is COc1cc(OC2CCC(CO[Si](C)(C)C(C)(C)C)CC2)c(F)cc1CN. The zero-order chi connectivity index (χ0) is 20.2. The molecule has 1 aliphatic carbocycles. The second kappa shape index (κ2) is 8.93. The van der Waals surface area contributed by atoms with Crippen LogP contribution in [0.5, 0.6) is 11.5 Å². The maximum absolute atomic E-state index is 14.3. The van der Waals surface area contributed by atoms with Crippen LogP contribution < -0.4 is 15.2 Å². The number of nitrogens with two attached hydrogens (primary N) is 1. The number of methoxy groups -OCH3 is 1. The summed E-state index contributed by atoms with van der Waals surface area (Å²) in [6, 6.07) is 3.02. The first kappa shape index (κ1) is 22.2. The van der Waals surface area contributed by atoms with Gasteiger partial charge in [0.2, 0.25) is 0 Å². The van der Waals surface area contributed by atoms with Gasteiger partial charge in [0.1, 0.15) is 5.75 Å². The molecule has 0 atom stereocenters. The third kappa shape index (κ3) is 5.68. The van der Waals surface area contributed by atoms with Gasteiger partial charge in [-0.2, -0.15) is 0 Å². The van der Waals surface area contributed by atoms with Crippen molar-refractivity contribution < 1.29 is 18.3 Å². The van der Waals surface area contributed by atoms with E-state index in [9.17, 15) is 4.39 Å². The lowest BCUT2D eigenvalue weighted by Gasteiger charge is -2.38. The first-order valence-corrected chi connectivity index (χ1v) is 12.8. The van der Waals surface area contributed by atoms with Gasteiger partial charge in [-0.3, -0.25) is 0 Å². The van der Waals surface area contributed by atoms with E-state index in [0.717, 1.165) is 32.3 Å². The van der Waals surface area contributed by atoms with Crippen LogP contribution in [0, 0.1) is 11.7 Å². The minimum Gasteiger partial charge on any atom is -0.496 e. The Kier molecular flexibility index (Phi) is 7.33. The molecule has 6 heteroatoms. The molecule has 0 heterocycles. The van der Waals surface area contributed by atoms with Crippen LogP contribution in [0.1, 0.15) is 52.0 Å². The van der Waals surface area contributed by atoms with E-state index in [-0.39, 0.29) is 29.3 Å². The molecule has 4 nitrogen and oxygen atoms in total. The van der Waals surface area contributed by atoms with E-state index in [4.69, 9.17) is 19.6 Å². The van der Waals surface area contributed by atoms with Gasteiger partial charge in [-0.15, -0.1) is 0 Å². The van der Waals surface area contributed by atoms with E-state index in [0.29, 0.717) is 17.2 Å². The fraction of sp³-hybridized carbons (Fsp3) is 0.714. The van der Waals surface area contributed by atoms with Crippen molar-refractivity contribution in [3.05, 3.63) is 23.5 Å². The van der Waals surface area contributed by atoms with Crippen molar-refractivity contribution in [3.8, 4) is 11.5 Å². The number of benzene rings is 1. The predicted molar refractivity (Wildman–Crippen MR) is 110 cm³/mol. The average molecular weight is 398 g/mol. The van der Waals surface area contributed by atoms with E-state index in [1.807, 2.05) is 0 Å². The highest BCUT2D eigenvalue weighted by molar-refractivity contribution is 6.74. The van der Waals surface area contributed by atoms with Gasteiger partial charge < -0.3 is 19.6 Å². The summed E-state index contributed by atoms with van der Waals surface area (Å²) in [7, 11) is -0.140. The lowest BCUT2D eigenvalue weighted by molar-refractivity contribution is 0.103. The normalized spacial score (nSPS) is 21.2. The Bertz CT molecular complexity index is 623. The quantitative estimate of drug-likeness (QED) is 0.638. The van der Waals surface area contributed by atoms with Gasteiger partial charge in [-0.05, 0) is 55.8 Å². The molecule has 0 aliphatic heterocycles. The van der Waals surface area contributed by atoms with Crippen LogP contribution in [0.4, 0.5) is 4.39 Å². The van der Waals surface area contributed by atoms with Crippen LogP contribution in [0.3, 0.4) is 0 Å². The van der Waals surface area contributed by atoms with Gasteiger partial charge in [0.15, 0.2) is 19.9 Å². The van der Waals surface area contributed by atoms with Crippen LogP contribution >= 0.6 is 0 Å². The smallest absolute Gasteiger partial charge is 0.191 e. The van der Waals surface area contributed by atoms with Crippen LogP contribution in [-0.2, 0) is 11.0 Å². The second-order valence-electron chi connectivity index (χ2n) is 9.13. The predicted octanol–water partition coefficient (Wildman–Crippen LogP) is 5.25. The fourth-order valence-corrected chi connectivity index (χ4v) is 4.24. The molecule has 0 spiro atoms. The summed E-state index contributed by atoms with van der Waals surface area (Å²) in [5.41, 5.74) is 6.28. The van der Waals surface area contributed by atoms with Crippen LogP contribution in [0.2, 0.25) is 18.1 Å². The van der Waals surface area contributed by atoms with Gasteiger partial charge >= 0.3 is 0 Å². The summed E-state index contributed by atoms with van der Waals surface area (Å²) in [4.78, 5) is 0. The van der Waals surface area contributed by atoms with Crippen molar-refractivity contribution >= 4 is 8.32 Å². The van der Waals surface area contributed by atoms with Crippen molar-refractivity contribution in [2.45, 2.75) is 77.2 Å². The lowest BCUT2D eigenvalue weighted by atomic mass is 9.88. The Morgan fingerprint density at radius 3 is 2.26 bits per heavy atom. The molecule has 2 N–H and O–H groups in total. The maximum Gasteiger partial charge on any atom is 0.191 e. The van der Waals surface area contributed by atoms with Crippen molar-refractivity contribution in [3.63, 3.8) is 0 Å². The number of hydrogen-bond donors (Lipinski definition) is 1. The van der Waals surface area contributed by atoms with Gasteiger partial charge in [-0.1, -0.05) is 20.8 Å². The Morgan fingerprint density at radius 1 is 1.11 bits per heavy atom. The molecule has 0 aromatic heterocycles. The van der Waals surface area contributed by atoms with Crippen molar-refractivity contribution in [1.82, 2.24) is 0 Å². The molecule has 0 amide bonds. The van der Waals surface area contributed by atoms with E-state index in [2.05, 4.69) is 33.9 Å². The second-order valence-corrected chi connectivity index (χ2v) is 13.9. The highest BCUT2D eigenvalue weighted by Crippen LogP contribution is 2.38. The van der Waals surface area contributed by atoms with Crippen LogP contribution in [-0.4, -0.2) is 28.1 Å². The van der Waals surface area contributed by atoms with Crippen LogP contribution in [0.25, 0.3) is 0 Å². The van der Waals surface area contributed by atoms with Crippen molar-refractivity contribution in [2.75, 3.05) is 13.7 Å². The standard InChI is InChI=1S/C21H36FNO3Si/c1-21(2,3)27(5,6)25-14-15-7-9-17(10-8-15)26-20-12-19(24-4)16(13-23)11-18(20)22/h11-12,15,17H,7-10,13-14,23H2,1-6H3. The Morgan fingerprint density at radius 2 is 1.74 bits per heavy atom. The molecule has 0 saturated heterocycles. The summed E-state index contributed by atoms with van der Waals surface area (Å²) in [6.45, 7) is 12.5. The number of rotatable bonds is 7. The monoisotopic (exact) mass is 397 g/mol. The van der Waals surface area contributed by atoms with Gasteiger partial charge in [0.25, 0.3) is 0 Å².